The Morgan fingerprint density at radius 1 is 1.35 bits per heavy atom. The molecule has 0 N–H and O–H groups in total. The van der Waals surface area contributed by atoms with Gasteiger partial charge in [0.2, 0.25) is 5.91 Å². The average molecular weight is 241 g/mol. The van der Waals surface area contributed by atoms with Gasteiger partial charge in [-0.1, -0.05) is 13.8 Å². The lowest BCUT2D eigenvalue weighted by Gasteiger charge is -2.34. The normalized spacial score (nSPS) is 20.5. The predicted molar refractivity (Wildman–Crippen MR) is 65.4 cm³/mol. The minimum absolute atomic E-state index is 0.0813. The molecule has 1 aliphatic rings. The quantitative estimate of drug-likeness (QED) is 0.707. The lowest BCUT2D eigenvalue weighted by atomic mass is 10.0. The van der Waals surface area contributed by atoms with Crippen molar-refractivity contribution in [3.63, 3.8) is 0 Å². The first-order valence-electron chi connectivity index (χ1n) is 6.52. The number of esters is 1. The highest BCUT2D eigenvalue weighted by Crippen LogP contribution is 2.20. The van der Waals surface area contributed by atoms with Crippen LogP contribution in [0.3, 0.4) is 0 Å². The summed E-state index contributed by atoms with van der Waals surface area (Å²) in [5, 5.41) is 0. The van der Waals surface area contributed by atoms with E-state index in [0.717, 1.165) is 19.3 Å². The maximum atomic E-state index is 12.0. The Kier molecular flexibility index (Phi) is 5.45. The smallest absolute Gasteiger partial charge is 0.328 e. The maximum Gasteiger partial charge on any atom is 0.328 e. The monoisotopic (exact) mass is 241 g/mol. The van der Waals surface area contributed by atoms with Gasteiger partial charge >= 0.3 is 5.97 Å². The second-order valence-electron chi connectivity index (χ2n) is 4.95. The molecule has 0 spiro atoms. The highest BCUT2D eigenvalue weighted by atomic mass is 16.5. The summed E-state index contributed by atoms with van der Waals surface area (Å²) >= 11 is 0. The molecule has 0 saturated carbocycles. The van der Waals surface area contributed by atoms with Gasteiger partial charge < -0.3 is 9.64 Å². The second kappa shape index (κ2) is 6.62. The molecule has 4 nitrogen and oxygen atoms in total. The summed E-state index contributed by atoms with van der Waals surface area (Å²) in [5.74, 6) is 0.161. The van der Waals surface area contributed by atoms with Crippen molar-refractivity contribution in [2.45, 2.75) is 52.5 Å². The van der Waals surface area contributed by atoms with Gasteiger partial charge in [-0.05, 0) is 32.1 Å². The van der Waals surface area contributed by atoms with Crippen molar-refractivity contribution in [1.82, 2.24) is 4.90 Å². The van der Waals surface area contributed by atoms with Crippen molar-refractivity contribution in [1.29, 1.82) is 0 Å². The Morgan fingerprint density at radius 3 is 2.65 bits per heavy atom. The molecule has 98 valence electrons. The zero-order chi connectivity index (χ0) is 12.8. The van der Waals surface area contributed by atoms with Crippen LogP contribution in [0.4, 0.5) is 0 Å². The molecule has 1 fully saturated rings. The molecule has 1 amide bonds. The van der Waals surface area contributed by atoms with Gasteiger partial charge in [0.1, 0.15) is 6.04 Å². The summed E-state index contributed by atoms with van der Waals surface area (Å²) in [6, 6.07) is -0.352. The summed E-state index contributed by atoms with van der Waals surface area (Å²) < 4.78 is 5.03. The van der Waals surface area contributed by atoms with Crippen molar-refractivity contribution >= 4 is 11.9 Å². The first-order chi connectivity index (χ1) is 8.06. The number of hydrogen-bond donors (Lipinski definition) is 0. The largest absolute Gasteiger partial charge is 0.464 e. The molecular formula is C13H23NO3. The first-order valence-corrected chi connectivity index (χ1v) is 6.52. The molecule has 4 heteroatoms. The number of amides is 1. The number of carbonyl (C=O) groups excluding carboxylic acids is 2. The van der Waals surface area contributed by atoms with E-state index in [1.807, 2.05) is 13.8 Å². The van der Waals surface area contributed by atoms with E-state index in [9.17, 15) is 9.59 Å². The van der Waals surface area contributed by atoms with E-state index in [1.54, 1.807) is 11.8 Å². The number of piperidine rings is 1. The maximum absolute atomic E-state index is 12.0. The zero-order valence-corrected chi connectivity index (χ0v) is 11.1. The lowest BCUT2D eigenvalue weighted by Crippen LogP contribution is -2.48. The van der Waals surface area contributed by atoms with Crippen molar-refractivity contribution in [3.05, 3.63) is 0 Å². The Hall–Kier alpha value is -1.06. The fraction of sp³-hybridized carbons (Fsp3) is 0.846. The van der Waals surface area contributed by atoms with Gasteiger partial charge in [0.05, 0.1) is 6.61 Å². The van der Waals surface area contributed by atoms with E-state index >= 15 is 0 Å². The van der Waals surface area contributed by atoms with Gasteiger partial charge in [-0.15, -0.1) is 0 Å². The molecular weight excluding hydrogens is 218 g/mol. The Morgan fingerprint density at radius 2 is 2.06 bits per heavy atom. The zero-order valence-electron chi connectivity index (χ0n) is 11.1. The fourth-order valence-electron chi connectivity index (χ4n) is 2.18. The molecule has 0 bridgehead atoms. The number of nitrogens with zero attached hydrogens (tertiary/aromatic N) is 1. The number of carbonyl (C=O) groups is 2. The highest BCUT2D eigenvalue weighted by molar-refractivity contribution is 5.84. The Bertz CT molecular complexity index is 276. The number of likely N-dealkylation sites (tertiary alicyclic amines) is 1. The van der Waals surface area contributed by atoms with Crippen molar-refractivity contribution in [2.75, 3.05) is 13.2 Å². The molecule has 0 radical (unpaired) electrons. The molecule has 1 saturated heterocycles. The second-order valence-corrected chi connectivity index (χ2v) is 4.95. The summed E-state index contributed by atoms with van der Waals surface area (Å²) in [7, 11) is 0. The molecule has 1 rings (SSSR count). The van der Waals surface area contributed by atoms with Crippen LogP contribution in [0.1, 0.15) is 46.5 Å². The average Bonchev–Trinajstić information content (AvgIpc) is 2.28. The summed E-state index contributed by atoms with van der Waals surface area (Å²) in [4.78, 5) is 25.5. The van der Waals surface area contributed by atoms with Crippen LogP contribution in [-0.4, -0.2) is 36.0 Å². The standard InChI is InChI=1S/C13H23NO3/c1-4-17-13(16)11-7-5-6-8-14(11)12(15)9-10(2)3/h10-11H,4-9H2,1-3H3. The van der Waals surface area contributed by atoms with Gasteiger partial charge in [0, 0.05) is 13.0 Å². The van der Waals surface area contributed by atoms with Crippen molar-refractivity contribution in [3.8, 4) is 0 Å². The molecule has 1 atom stereocenters. The minimum Gasteiger partial charge on any atom is -0.464 e. The van der Waals surface area contributed by atoms with Gasteiger partial charge in [0.25, 0.3) is 0 Å². The third-order valence-corrected chi connectivity index (χ3v) is 2.96. The molecule has 0 aromatic carbocycles. The third-order valence-electron chi connectivity index (χ3n) is 2.96. The Balaban J connectivity index is 2.65. The lowest BCUT2D eigenvalue weighted by molar-refractivity contribution is -0.156. The van der Waals surface area contributed by atoms with Crippen LogP contribution in [0, 0.1) is 5.92 Å². The molecule has 1 heterocycles. The highest BCUT2D eigenvalue weighted by Gasteiger charge is 2.32. The van der Waals surface area contributed by atoms with Crippen LogP contribution in [-0.2, 0) is 14.3 Å². The SMILES string of the molecule is CCOC(=O)C1CCCCN1C(=O)CC(C)C. The van der Waals surface area contributed by atoms with Gasteiger partial charge in [-0.25, -0.2) is 4.79 Å². The summed E-state index contributed by atoms with van der Waals surface area (Å²) in [5.41, 5.74) is 0. The van der Waals surface area contributed by atoms with E-state index in [1.165, 1.54) is 0 Å². The van der Waals surface area contributed by atoms with E-state index in [4.69, 9.17) is 4.74 Å². The molecule has 17 heavy (non-hydrogen) atoms. The summed E-state index contributed by atoms with van der Waals surface area (Å²) in [6.07, 6.45) is 3.23. The van der Waals surface area contributed by atoms with Crippen LogP contribution in [0.15, 0.2) is 0 Å². The molecule has 1 unspecified atom stereocenters. The van der Waals surface area contributed by atoms with Gasteiger partial charge in [0.15, 0.2) is 0 Å². The van der Waals surface area contributed by atoms with Crippen molar-refractivity contribution in [2.24, 2.45) is 5.92 Å². The topological polar surface area (TPSA) is 46.6 Å². The van der Waals surface area contributed by atoms with Gasteiger partial charge in [-0.2, -0.15) is 0 Å². The Labute approximate surface area is 103 Å². The van der Waals surface area contributed by atoms with E-state index in [2.05, 4.69) is 0 Å². The fourth-order valence-corrected chi connectivity index (χ4v) is 2.18. The minimum atomic E-state index is -0.352. The predicted octanol–water partition coefficient (Wildman–Crippen LogP) is 1.98. The van der Waals surface area contributed by atoms with E-state index < -0.39 is 0 Å². The molecule has 0 aromatic rings. The number of hydrogen-bond acceptors (Lipinski definition) is 3. The van der Waals surface area contributed by atoms with Gasteiger partial charge in [-0.3, -0.25) is 4.79 Å². The van der Waals surface area contributed by atoms with E-state index in [-0.39, 0.29) is 17.9 Å². The number of rotatable bonds is 4. The van der Waals surface area contributed by atoms with E-state index in [0.29, 0.717) is 25.5 Å². The van der Waals surface area contributed by atoms with Crippen molar-refractivity contribution < 1.29 is 14.3 Å². The van der Waals surface area contributed by atoms with Crippen LogP contribution < -0.4 is 0 Å². The van der Waals surface area contributed by atoms with Crippen LogP contribution in [0.25, 0.3) is 0 Å². The molecule has 0 aromatic heterocycles. The first kappa shape index (κ1) is 14.0. The number of ether oxygens (including phenoxy) is 1. The van der Waals surface area contributed by atoms with Crippen LogP contribution in [0.2, 0.25) is 0 Å². The van der Waals surface area contributed by atoms with Crippen LogP contribution in [0.5, 0.6) is 0 Å². The summed E-state index contributed by atoms with van der Waals surface area (Å²) in [6.45, 7) is 6.89. The van der Waals surface area contributed by atoms with Crippen LogP contribution >= 0.6 is 0 Å². The molecule has 1 aliphatic heterocycles. The third kappa shape index (κ3) is 4.02. The molecule has 0 aliphatic carbocycles.